The molecule has 0 radical (unpaired) electrons. The Hall–Kier alpha value is -3.00. The Morgan fingerprint density at radius 1 is 0.827 bits per heavy atom. The number of allylic oxidation sites excluding steroid dienone is 3. The van der Waals surface area contributed by atoms with Gasteiger partial charge in [-0.05, 0) is 74.8 Å². The molecule has 0 saturated heterocycles. The number of alkyl halides is 2. The lowest BCUT2D eigenvalue weighted by molar-refractivity contribution is -2.00. The molecular formula is C37H39ClI2N4O8. The summed E-state index contributed by atoms with van der Waals surface area (Å²) >= 11 is 4.28. The summed E-state index contributed by atoms with van der Waals surface area (Å²) in [6.07, 6.45) is 16.8. The highest BCUT2D eigenvalue weighted by Gasteiger charge is 2.32. The number of Topliss-reactive ketones (excluding diaryl/α,β-unsaturated/α-hetero) is 2. The second-order valence-electron chi connectivity index (χ2n) is 12.4. The van der Waals surface area contributed by atoms with Gasteiger partial charge in [-0.1, -0.05) is 81.9 Å². The van der Waals surface area contributed by atoms with Gasteiger partial charge in [0, 0.05) is 41.7 Å². The van der Waals surface area contributed by atoms with E-state index in [-0.39, 0.29) is 0 Å². The van der Waals surface area contributed by atoms with E-state index in [1.807, 2.05) is 30.4 Å². The van der Waals surface area contributed by atoms with Gasteiger partial charge in [0.25, 0.3) is 0 Å². The summed E-state index contributed by atoms with van der Waals surface area (Å²) in [4.78, 5) is 35.6. The van der Waals surface area contributed by atoms with Crippen LogP contribution in [0.4, 0.5) is 5.82 Å². The van der Waals surface area contributed by atoms with Crippen molar-refractivity contribution in [1.82, 2.24) is 9.97 Å². The Balaban J connectivity index is 0.000000979. The highest BCUT2D eigenvalue weighted by molar-refractivity contribution is 14.1. The van der Waals surface area contributed by atoms with Crippen molar-refractivity contribution in [2.24, 2.45) is 0 Å². The van der Waals surface area contributed by atoms with Crippen LogP contribution in [0.5, 0.6) is 0 Å². The Morgan fingerprint density at radius 3 is 2.19 bits per heavy atom. The van der Waals surface area contributed by atoms with Crippen molar-refractivity contribution >= 4 is 96.6 Å². The van der Waals surface area contributed by atoms with Gasteiger partial charge in [0.05, 0.1) is 27.2 Å². The van der Waals surface area contributed by atoms with Crippen LogP contribution >= 0.6 is 45.2 Å². The van der Waals surface area contributed by atoms with E-state index >= 15 is 0 Å². The monoisotopic (exact) mass is 956 g/mol. The average molecular weight is 957 g/mol. The normalized spacial score (nSPS) is 15.1. The van der Waals surface area contributed by atoms with Crippen molar-refractivity contribution in [3.8, 4) is 0 Å². The second kappa shape index (κ2) is 19.4. The Labute approximate surface area is 330 Å². The summed E-state index contributed by atoms with van der Waals surface area (Å²) < 4.78 is 50.2. The third-order valence-electron chi connectivity index (χ3n) is 8.65. The lowest BCUT2D eigenvalue weighted by atomic mass is 9.99. The molecule has 2 aliphatic rings. The van der Waals surface area contributed by atoms with Crippen LogP contribution in [0.2, 0.25) is 0 Å². The molecule has 0 amide bonds. The van der Waals surface area contributed by atoms with Gasteiger partial charge in [-0.3, -0.25) is 9.59 Å². The first-order valence-electron chi connectivity index (χ1n) is 17.1. The van der Waals surface area contributed by atoms with Crippen LogP contribution in [-0.2, 0) is 16.1 Å². The molecule has 1 aliphatic carbocycles. The van der Waals surface area contributed by atoms with Crippen LogP contribution in [0.15, 0.2) is 69.8 Å². The predicted octanol–water partition coefficient (Wildman–Crippen LogP) is 2.15. The molecule has 6 rings (SSSR count). The number of aromatic nitrogens is 3. The number of carbonyl (C=O) groups excluding carboxylic acids is 2. The fourth-order valence-electron chi connectivity index (χ4n) is 6.26. The SMILES string of the molecule is O=C(CI)CCCCCN1C=CC=c2o/c(=C3/CCC(c4nc5c(ccc[n+]5CCCCCC(=O)CI)o4)=C3c3ccccc3)nc21.[O-][Cl+3]([O-])([O-])[O-]. The Bertz CT molecular complexity index is 2030. The van der Waals surface area contributed by atoms with Gasteiger partial charge in [-0.2, -0.15) is 4.98 Å². The molecule has 3 aromatic heterocycles. The smallest absolute Gasteiger partial charge is 0.370 e. The minimum atomic E-state index is -4.94. The van der Waals surface area contributed by atoms with E-state index < -0.39 is 10.2 Å². The third kappa shape index (κ3) is 11.3. The number of unbranched alkanes of at least 4 members (excludes halogenated alkanes) is 4. The Morgan fingerprint density at radius 2 is 1.50 bits per heavy atom. The molecule has 52 heavy (non-hydrogen) atoms. The lowest BCUT2D eigenvalue weighted by Gasteiger charge is -2.18. The van der Waals surface area contributed by atoms with Crippen molar-refractivity contribution in [3.05, 3.63) is 83.4 Å². The summed E-state index contributed by atoms with van der Waals surface area (Å²) in [6.45, 7) is 1.65. The molecule has 4 heterocycles. The van der Waals surface area contributed by atoms with Crippen molar-refractivity contribution < 1.29 is 51.9 Å². The first kappa shape index (κ1) is 40.2. The predicted molar refractivity (Wildman–Crippen MR) is 202 cm³/mol. The van der Waals surface area contributed by atoms with Gasteiger partial charge in [0.15, 0.2) is 11.2 Å². The highest BCUT2D eigenvalue weighted by Crippen LogP contribution is 2.44. The van der Waals surface area contributed by atoms with Crippen LogP contribution in [0.3, 0.4) is 0 Å². The van der Waals surface area contributed by atoms with E-state index in [4.69, 9.17) is 37.4 Å². The topological polar surface area (TPSA) is 186 Å². The molecule has 4 aromatic rings. The maximum absolute atomic E-state index is 11.7. The van der Waals surface area contributed by atoms with E-state index in [1.165, 1.54) is 0 Å². The maximum Gasteiger partial charge on any atom is 0.370 e. The molecule has 0 saturated carbocycles. The quantitative estimate of drug-likeness (QED) is 0.0694. The molecular weight excluding hydrogens is 918 g/mol. The van der Waals surface area contributed by atoms with Crippen LogP contribution in [0.25, 0.3) is 34.0 Å². The minimum Gasteiger partial charge on any atom is -0.435 e. The zero-order valence-corrected chi connectivity index (χ0v) is 33.5. The highest BCUT2D eigenvalue weighted by atomic mass is 127. The summed E-state index contributed by atoms with van der Waals surface area (Å²) in [5.74, 6) is 2.11. The van der Waals surface area contributed by atoms with Crippen molar-refractivity contribution in [2.75, 3.05) is 20.3 Å². The fourth-order valence-corrected chi connectivity index (χ4v) is 7.03. The molecule has 0 unspecified atom stereocenters. The van der Waals surface area contributed by atoms with Crippen molar-refractivity contribution in [1.29, 1.82) is 0 Å². The molecule has 0 atom stereocenters. The number of oxazole rings is 2. The largest absolute Gasteiger partial charge is 0.435 e. The lowest BCUT2D eigenvalue weighted by Crippen LogP contribution is -2.68. The number of halogens is 3. The molecule has 15 heteroatoms. The van der Waals surface area contributed by atoms with E-state index in [0.717, 1.165) is 109 Å². The fraction of sp³-hybridized carbons (Fsp3) is 0.378. The van der Waals surface area contributed by atoms with E-state index in [2.05, 4.69) is 91.3 Å². The standard InChI is InChI=1S/C37H39I2N4O4.ClHO4/c38-24-27(44)14-6-2-8-20-42-22-10-16-31-34(42)40-36(46-31)29-18-19-30(33(29)26-12-4-1-5-13-26)37-41-35-32(47-37)17-11-23-43(35)21-9-3-7-15-28(45)25-39;2-1(3,4)5/h1,4-5,10-13,16-17,22-23H,2-3,6-9,14-15,18-21,24-25H2;(H,2,3,4,5)/q+1;/p-1. The van der Waals surface area contributed by atoms with Crippen LogP contribution in [0, 0.1) is 10.2 Å². The molecule has 12 nitrogen and oxygen atoms in total. The van der Waals surface area contributed by atoms with Crippen LogP contribution in [-0.4, -0.2) is 36.9 Å². The maximum atomic E-state index is 11.7. The van der Waals surface area contributed by atoms with Gasteiger partial charge in [0.2, 0.25) is 11.1 Å². The van der Waals surface area contributed by atoms with Crippen molar-refractivity contribution in [2.45, 2.75) is 70.8 Å². The third-order valence-corrected chi connectivity index (χ3v) is 10.4. The number of rotatable bonds is 16. The van der Waals surface area contributed by atoms with Gasteiger partial charge in [-0.25, -0.2) is 23.2 Å². The Kier molecular flexibility index (Phi) is 15.0. The van der Waals surface area contributed by atoms with E-state index in [9.17, 15) is 9.59 Å². The zero-order valence-electron chi connectivity index (χ0n) is 28.4. The van der Waals surface area contributed by atoms with Gasteiger partial charge in [0.1, 0.15) is 11.6 Å². The number of fused-ring (bicyclic) bond motifs is 2. The second-order valence-corrected chi connectivity index (χ2v) is 14.6. The molecule has 1 aliphatic heterocycles. The number of hydrogen-bond acceptors (Lipinski definition) is 11. The van der Waals surface area contributed by atoms with Gasteiger partial charge in [-0.15, -0.1) is 10.2 Å². The summed E-state index contributed by atoms with van der Waals surface area (Å²) in [5, 5.41) is 0. The first-order valence-corrected chi connectivity index (χ1v) is 21.3. The number of ketones is 2. The molecule has 276 valence electrons. The van der Waals surface area contributed by atoms with Crippen LogP contribution in [0.1, 0.15) is 75.7 Å². The number of pyridine rings is 1. The van der Waals surface area contributed by atoms with E-state index in [1.54, 1.807) is 0 Å². The zero-order chi connectivity index (χ0) is 37.1. The van der Waals surface area contributed by atoms with Gasteiger partial charge >= 0.3 is 11.5 Å². The first-order chi connectivity index (χ1) is 25.1. The average Bonchev–Trinajstić information content (AvgIpc) is 3.88. The number of nitrogens with zero attached hydrogens (tertiary/aromatic N) is 4. The van der Waals surface area contributed by atoms with E-state index in [0.29, 0.717) is 44.7 Å². The number of carbonyl (C=O) groups is 2. The van der Waals surface area contributed by atoms with Crippen LogP contribution < -0.4 is 39.1 Å². The minimum absolute atomic E-state index is 0.321. The number of hydrogen-bond donors (Lipinski definition) is 0. The number of aryl methyl sites for hydroxylation is 1. The molecule has 0 N–H and O–H groups in total. The van der Waals surface area contributed by atoms with Crippen molar-refractivity contribution in [3.63, 3.8) is 0 Å². The molecule has 0 spiro atoms. The summed E-state index contributed by atoms with van der Waals surface area (Å²) in [5.41, 5.74) is 7.26. The number of anilines is 1. The molecule has 0 fully saturated rings. The summed E-state index contributed by atoms with van der Waals surface area (Å²) in [6, 6.07) is 14.4. The molecule has 0 bridgehead atoms. The number of benzene rings is 1. The van der Waals surface area contributed by atoms with Gasteiger partial charge < -0.3 is 13.7 Å². The molecule has 1 aromatic carbocycles. The summed E-state index contributed by atoms with van der Waals surface area (Å²) in [7, 11) is -4.94.